The quantitative estimate of drug-likeness (QED) is 0.526. The molecule has 0 aromatic carbocycles. The highest BCUT2D eigenvalue weighted by molar-refractivity contribution is 5.66. The van der Waals surface area contributed by atoms with Crippen LogP contribution in [0, 0.1) is 23.7 Å². The average Bonchev–Trinajstić information content (AvgIpc) is 2.96. The Morgan fingerprint density at radius 1 is 1.28 bits per heavy atom. The van der Waals surface area contributed by atoms with Crippen molar-refractivity contribution in [2.45, 2.75) is 79.1 Å². The van der Waals surface area contributed by atoms with Gasteiger partial charge in [0, 0.05) is 26.2 Å². The molecule has 29 heavy (non-hydrogen) atoms. The van der Waals surface area contributed by atoms with Crippen molar-refractivity contribution in [1.82, 2.24) is 0 Å². The maximum Gasteiger partial charge on any atom is 0.303 e. The van der Waals surface area contributed by atoms with Gasteiger partial charge < -0.3 is 14.6 Å². The number of fused-ring (bicyclic) bond motifs is 1. The third-order valence-corrected chi connectivity index (χ3v) is 6.48. The predicted molar refractivity (Wildman–Crippen MR) is 113 cm³/mol. The zero-order valence-electron chi connectivity index (χ0n) is 18.6. The molecule has 0 spiro atoms. The lowest BCUT2D eigenvalue weighted by atomic mass is 9.75. The Morgan fingerprint density at radius 3 is 2.48 bits per heavy atom. The first-order valence-corrected chi connectivity index (χ1v) is 10.5. The molecule has 0 aromatic heterocycles. The molecule has 1 saturated carbocycles. The second-order valence-corrected chi connectivity index (χ2v) is 8.90. The molecule has 2 rings (SSSR count). The third-order valence-electron chi connectivity index (χ3n) is 6.48. The number of allylic oxidation sites excluding steroid dienone is 2. The molecule has 1 fully saturated rings. The summed E-state index contributed by atoms with van der Waals surface area (Å²) in [4.78, 5) is 23.5. The predicted octanol–water partition coefficient (Wildman–Crippen LogP) is 4.36. The molecule has 0 bridgehead atoms. The smallest absolute Gasteiger partial charge is 0.303 e. The van der Waals surface area contributed by atoms with Crippen LogP contribution in [0.25, 0.3) is 0 Å². The van der Waals surface area contributed by atoms with E-state index in [0.29, 0.717) is 12.8 Å². The lowest BCUT2D eigenvalue weighted by Crippen LogP contribution is -2.40. The van der Waals surface area contributed by atoms with Crippen LogP contribution in [0.15, 0.2) is 35.5 Å². The van der Waals surface area contributed by atoms with Crippen molar-refractivity contribution in [2.75, 3.05) is 0 Å². The van der Waals surface area contributed by atoms with E-state index in [1.54, 1.807) is 0 Å². The normalized spacial score (nSPS) is 31.1. The van der Waals surface area contributed by atoms with E-state index < -0.39 is 12.2 Å². The summed E-state index contributed by atoms with van der Waals surface area (Å²) in [5.41, 5.74) is 3.18. The molecule has 2 aliphatic rings. The van der Waals surface area contributed by atoms with Crippen LogP contribution in [0.5, 0.6) is 0 Å². The van der Waals surface area contributed by atoms with Crippen molar-refractivity contribution < 1.29 is 24.2 Å². The number of carbonyl (C=O) groups is 2. The number of aliphatic hydroxyl groups excluding tert-OH is 1. The second-order valence-electron chi connectivity index (χ2n) is 8.90. The molecule has 0 amide bonds. The minimum atomic E-state index is -0.615. The monoisotopic (exact) mass is 404 g/mol. The summed E-state index contributed by atoms with van der Waals surface area (Å²) in [5.74, 6) is -0.958. The Kier molecular flexibility index (Phi) is 7.87. The molecule has 0 aromatic rings. The third kappa shape index (κ3) is 5.59. The number of carbonyl (C=O) groups excluding carboxylic acids is 2. The molecule has 5 nitrogen and oxygen atoms in total. The minimum absolute atomic E-state index is 0.0445. The van der Waals surface area contributed by atoms with Gasteiger partial charge in [-0.15, -0.1) is 0 Å². The van der Waals surface area contributed by atoms with Gasteiger partial charge in [0.2, 0.25) is 0 Å². The van der Waals surface area contributed by atoms with Crippen LogP contribution in [-0.2, 0) is 19.1 Å². The first-order valence-electron chi connectivity index (χ1n) is 10.5. The first kappa shape index (κ1) is 23.4. The Bertz CT molecular complexity index is 700. The standard InChI is InChI=1S/C24H36O5/c1-13(2)8-11-21(28-17(6)25)16(5)20-12-22(29-18(7)26)15(4)19-10-9-14(3)23(19)24(20)27/h8-9,16,19-24,27H,4,10-12H2,1-3,5-7H3/t16-,19-,20-,21-,22+,23+,24+/m0/s1. The lowest BCUT2D eigenvalue weighted by Gasteiger charge is -2.36. The summed E-state index contributed by atoms with van der Waals surface area (Å²) < 4.78 is 11.3. The summed E-state index contributed by atoms with van der Waals surface area (Å²) in [6.45, 7) is 15.1. The summed E-state index contributed by atoms with van der Waals surface area (Å²) >= 11 is 0. The van der Waals surface area contributed by atoms with Crippen molar-refractivity contribution in [2.24, 2.45) is 23.7 Å². The van der Waals surface area contributed by atoms with Gasteiger partial charge in [-0.3, -0.25) is 9.59 Å². The van der Waals surface area contributed by atoms with Crippen molar-refractivity contribution in [3.63, 3.8) is 0 Å². The van der Waals surface area contributed by atoms with Crippen LogP contribution >= 0.6 is 0 Å². The van der Waals surface area contributed by atoms with Gasteiger partial charge >= 0.3 is 11.9 Å². The molecule has 1 N–H and O–H groups in total. The number of esters is 2. The molecular weight excluding hydrogens is 368 g/mol. The number of rotatable bonds is 6. The lowest BCUT2D eigenvalue weighted by molar-refractivity contribution is -0.152. The minimum Gasteiger partial charge on any atom is -0.462 e. The average molecular weight is 405 g/mol. The van der Waals surface area contributed by atoms with E-state index in [1.165, 1.54) is 13.8 Å². The molecule has 0 heterocycles. The molecule has 0 aliphatic heterocycles. The fourth-order valence-electron chi connectivity index (χ4n) is 4.91. The zero-order chi connectivity index (χ0) is 21.9. The van der Waals surface area contributed by atoms with Crippen molar-refractivity contribution in [1.29, 1.82) is 0 Å². The topological polar surface area (TPSA) is 72.8 Å². The largest absolute Gasteiger partial charge is 0.462 e. The number of ether oxygens (including phenoxy) is 2. The molecule has 162 valence electrons. The Balaban J connectivity index is 2.38. The van der Waals surface area contributed by atoms with Gasteiger partial charge in [0.1, 0.15) is 12.2 Å². The van der Waals surface area contributed by atoms with Gasteiger partial charge in [0.25, 0.3) is 0 Å². The Labute approximate surface area is 174 Å². The summed E-state index contributed by atoms with van der Waals surface area (Å²) in [5, 5.41) is 11.4. The van der Waals surface area contributed by atoms with E-state index in [4.69, 9.17) is 9.47 Å². The van der Waals surface area contributed by atoms with Gasteiger partial charge in [-0.2, -0.15) is 0 Å². The van der Waals surface area contributed by atoms with Crippen LogP contribution in [0.3, 0.4) is 0 Å². The molecule has 7 atom stereocenters. The maximum atomic E-state index is 11.7. The van der Waals surface area contributed by atoms with Crippen molar-refractivity contribution in [3.8, 4) is 0 Å². The van der Waals surface area contributed by atoms with Gasteiger partial charge in [0.15, 0.2) is 0 Å². The fraction of sp³-hybridized carbons (Fsp3) is 0.667. The molecular formula is C24H36O5. The van der Waals surface area contributed by atoms with Crippen LogP contribution in [-0.4, -0.2) is 35.4 Å². The van der Waals surface area contributed by atoms with E-state index in [1.807, 2.05) is 27.7 Å². The second kappa shape index (κ2) is 9.75. The van der Waals surface area contributed by atoms with E-state index in [-0.39, 0.29) is 41.7 Å². The van der Waals surface area contributed by atoms with Crippen LogP contribution in [0.4, 0.5) is 0 Å². The highest BCUT2D eigenvalue weighted by atomic mass is 16.5. The van der Waals surface area contributed by atoms with E-state index in [9.17, 15) is 14.7 Å². The van der Waals surface area contributed by atoms with E-state index in [0.717, 1.165) is 23.1 Å². The van der Waals surface area contributed by atoms with Crippen molar-refractivity contribution >= 4 is 11.9 Å². The molecule has 0 radical (unpaired) electrons. The molecule has 2 aliphatic carbocycles. The summed E-state index contributed by atoms with van der Waals surface area (Å²) in [6.07, 6.45) is 4.67. The zero-order valence-corrected chi connectivity index (χ0v) is 18.6. The fourth-order valence-corrected chi connectivity index (χ4v) is 4.91. The highest BCUT2D eigenvalue weighted by Crippen LogP contribution is 2.48. The molecule has 0 unspecified atom stereocenters. The maximum absolute atomic E-state index is 11.7. The van der Waals surface area contributed by atoms with Crippen LogP contribution in [0.2, 0.25) is 0 Å². The van der Waals surface area contributed by atoms with Crippen LogP contribution < -0.4 is 0 Å². The van der Waals surface area contributed by atoms with E-state index in [2.05, 4.69) is 18.7 Å². The molecule has 5 heteroatoms. The SMILES string of the molecule is C=C1[C@H](OC(C)=O)C[C@@H]([C@H](C)[C@H](CC=C(C)C)OC(C)=O)[C@@H](O)[C@@H]2C(C)=CC[C@@H]12. The van der Waals surface area contributed by atoms with Gasteiger partial charge in [0.05, 0.1) is 6.10 Å². The van der Waals surface area contributed by atoms with Crippen molar-refractivity contribution in [3.05, 3.63) is 35.5 Å². The van der Waals surface area contributed by atoms with E-state index >= 15 is 0 Å². The van der Waals surface area contributed by atoms with Gasteiger partial charge in [-0.05, 0) is 56.9 Å². The Morgan fingerprint density at radius 2 is 1.93 bits per heavy atom. The highest BCUT2D eigenvalue weighted by Gasteiger charge is 2.47. The number of aliphatic hydroxyl groups is 1. The number of hydrogen-bond acceptors (Lipinski definition) is 5. The summed E-state index contributed by atoms with van der Waals surface area (Å²) in [6, 6.07) is 0. The van der Waals surface area contributed by atoms with Gasteiger partial charge in [-0.25, -0.2) is 0 Å². The summed E-state index contributed by atoms with van der Waals surface area (Å²) in [7, 11) is 0. The Hall–Kier alpha value is -1.88. The van der Waals surface area contributed by atoms with Gasteiger partial charge in [-0.1, -0.05) is 36.8 Å². The van der Waals surface area contributed by atoms with Crippen LogP contribution in [0.1, 0.15) is 60.8 Å². The first-order chi connectivity index (χ1) is 13.5. The molecule has 0 saturated heterocycles. The number of hydrogen-bond donors (Lipinski definition) is 1.